The standard InChI is InChI=1S/C9H14O5/c1-4-6(3-10)5(2-7(11)12)9(14)8(4)13/h5,8-10,13-14H,2-3H2,1H3,(H,11,12). The van der Waals surface area contributed by atoms with Crippen molar-refractivity contribution in [1.29, 1.82) is 0 Å². The second-order valence-electron chi connectivity index (χ2n) is 3.51. The number of aliphatic carboxylic acids is 1. The van der Waals surface area contributed by atoms with E-state index in [4.69, 9.17) is 10.2 Å². The molecule has 0 amide bonds. The van der Waals surface area contributed by atoms with Crippen LogP contribution in [0, 0.1) is 5.92 Å². The predicted molar refractivity (Wildman–Crippen MR) is 47.5 cm³/mol. The number of hydrogen-bond donors (Lipinski definition) is 4. The van der Waals surface area contributed by atoms with Crippen LogP contribution in [0.3, 0.4) is 0 Å². The molecule has 80 valence electrons. The van der Waals surface area contributed by atoms with E-state index in [1.165, 1.54) is 0 Å². The molecule has 0 bridgehead atoms. The maximum absolute atomic E-state index is 10.5. The molecule has 14 heavy (non-hydrogen) atoms. The molecule has 0 saturated heterocycles. The van der Waals surface area contributed by atoms with Crippen LogP contribution >= 0.6 is 0 Å². The fraction of sp³-hybridized carbons (Fsp3) is 0.667. The Kier molecular flexibility index (Phi) is 3.25. The van der Waals surface area contributed by atoms with Gasteiger partial charge in [-0.2, -0.15) is 0 Å². The number of aliphatic hydroxyl groups excluding tert-OH is 3. The summed E-state index contributed by atoms with van der Waals surface area (Å²) in [6, 6.07) is 0. The predicted octanol–water partition coefficient (Wildman–Crippen LogP) is -0.879. The molecule has 0 aromatic heterocycles. The summed E-state index contributed by atoms with van der Waals surface area (Å²) in [7, 11) is 0. The zero-order valence-corrected chi connectivity index (χ0v) is 7.84. The first-order chi connectivity index (χ1) is 6.49. The lowest BCUT2D eigenvalue weighted by Crippen LogP contribution is -2.29. The fourth-order valence-electron chi connectivity index (χ4n) is 1.84. The van der Waals surface area contributed by atoms with Crippen LogP contribution in [0.15, 0.2) is 11.1 Å². The van der Waals surface area contributed by atoms with Crippen LogP contribution in [-0.4, -0.2) is 45.2 Å². The lowest BCUT2D eigenvalue weighted by Gasteiger charge is -2.17. The number of hydrogen-bond acceptors (Lipinski definition) is 4. The van der Waals surface area contributed by atoms with E-state index >= 15 is 0 Å². The highest BCUT2D eigenvalue weighted by Gasteiger charge is 2.39. The van der Waals surface area contributed by atoms with Gasteiger partial charge >= 0.3 is 5.97 Å². The van der Waals surface area contributed by atoms with E-state index in [0.29, 0.717) is 11.1 Å². The average Bonchev–Trinajstić information content (AvgIpc) is 2.31. The second kappa shape index (κ2) is 4.08. The summed E-state index contributed by atoms with van der Waals surface area (Å²) in [4.78, 5) is 10.5. The van der Waals surface area contributed by atoms with Crippen LogP contribution < -0.4 is 0 Å². The molecule has 1 aliphatic carbocycles. The van der Waals surface area contributed by atoms with Crippen LogP contribution in [0.25, 0.3) is 0 Å². The van der Waals surface area contributed by atoms with Gasteiger partial charge in [0.2, 0.25) is 0 Å². The molecule has 3 atom stereocenters. The first-order valence-electron chi connectivity index (χ1n) is 4.37. The van der Waals surface area contributed by atoms with E-state index in [1.54, 1.807) is 6.92 Å². The van der Waals surface area contributed by atoms with E-state index in [2.05, 4.69) is 0 Å². The first kappa shape index (κ1) is 11.2. The Bertz CT molecular complexity index is 270. The summed E-state index contributed by atoms with van der Waals surface area (Å²) < 4.78 is 0. The van der Waals surface area contributed by atoms with E-state index in [0.717, 1.165) is 0 Å². The molecule has 1 aliphatic rings. The summed E-state index contributed by atoms with van der Waals surface area (Å²) in [5, 5.41) is 36.5. The molecule has 0 fully saturated rings. The largest absolute Gasteiger partial charge is 0.481 e. The highest BCUT2D eigenvalue weighted by atomic mass is 16.4. The first-order valence-corrected chi connectivity index (χ1v) is 4.37. The second-order valence-corrected chi connectivity index (χ2v) is 3.51. The van der Waals surface area contributed by atoms with E-state index in [1.807, 2.05) is 0 Å². The fourth-order valence-corrected chi connectivity index (χ4v) is 1.84. The number of carboxylic acid groups (broad SMARTS) is 1. The normalized spacial score (nSPS) is 32.4. The van der Waals surface area contributed by atoms with Gasteiger partial charge in [-0.15, -0.1) is 0 Å². The van der Waals surface area contributed by atoms with Crippen LogP contribution in [0.5, 0.6) is 0 Å². The smallest absolute Gasteiger partial charge is 0.304 e. The summed E-state index contributed by atoms with van der Waals surface area (Å²) in [6.45, 7) is 1.26. The Balaban J connectivity index is 2.88. The molecule has 1 rings (SSSR count). The molecule has 0 spiro atoms. The van der Waals surface area contributed by atoms with Crippen molar-refractivity contribution in [3.05, 3.63) is 11.1 Å². The Morgan fingerprint density at radius 3 is 2.43 bits per heavy atom. The summed E-state index contributed by atoms with van der Waals surface area (Å²) >= 11 is 0. The Morgan fingerprint density at radius 1 is 1.43 bits per heavy atom. The van der Waals surface area contributed by atoms with Crippen molar-refractivity contribution in [3.63, 3.8) is 0 Å². The Labute approximate surface area is 81.3 Å². The van der Waals surface area contributed by atoms with Gasteiger partial charge in [0.05, 0.1) is 19.1 Å². The van der Waals surface area contributed by atoms with E-state index < -0.39 is 24.1 Å². The van der Waals surface area contributed by atoms with Crippen molar-refractivity contribution in [1.82, 2.24) is 0 Å². The van der Waals surface area contributed by atoms with Crippen molar-refractivity contribution in [2.45, 2.75) is 25.6 Å². The highest BCUT2D eigenvalue weighted by molar-refractivity contribution is 5.68. The van der Waals surface area contributed by atoms with Gasteiger partial charge in [0.15, 0.2) is 0 Å². The Morgan fingerprint density at radius 2 is 2.00 bits per heavy atom. The van der Waals surface area contributed by atoms with E-state index in [9.17, 15) is 15.0 Å². The van der Waals surface area contributed by atoms with Crippen LogP contribution in [0.4, 0.5) is 0 Å². The third-order valence-electron chi connectivity index (χ3n) is 2.70. The van der Waals surface area contributed by atoms with Gasteiger partial charge in [0, 0.05) is 5.92 Å². The van der Waals surface area contributed by atoms with Gasteiger partial charge < -0.3 is 20.4 Å². The molecule has 0 heterocycles. The third kappa shape index (κ3) is 1.79. The molecule has 0 aromatic rings. The zero-order valence-electron chi connectivity index (χ0n) is 7.84. The SMILES string of the molecule is CC1=C(CO)C(CC(=O)O)C(O)C1O. The molecule has 5 nitrogen and oxygen atoms in total. The van der Waals surface area contributed by atoms with Gasteiger partial charge in [-0.25, -0.2) is 0 Å². The minimum Gasteiger partial charge on any atom is -0.481 e. The Hall–Kier alpha value is -0.910. The number of aliphatic hydroxyl groups is 3. The van der Waals surface area contributed by atoms with Crippen molar-refractivity contribution < 1.29 is 25.2 Å². The minimum absolute atomic E-state index is 0.272. The molecule has 5 heteroatoms. The van der Waals surface area contributed by atoms with Gasteiger partial charge in [-0.1, -0.05) is 0 Å². The summed E-state index contributed by atoms with van der Waals surface area (Å²) in [5.74, 6) is -1.73. The maximum atomic E-state index is 10.5. The molecule has 0 aliphatic heterocycles. The summed E-state index contributed by atoms with van der Waals surface area (Å²) in [5.41, 5.74) is 0.915. The van der Waals surface area contributed by atoms with Gasteiger partial charge in [-0.3, -0.25) is 4.79 Å². The quantitative estimate of drug-likeness (QED) is 0.445. The van der Waals surface area contributed by atoms with Crippen LogP contribution in [0.1, 0.15) is 13.3 Å². The number of rotatable bonds is 3. The molecule has 4 N–H and O–H groups in total. The highest BCUT2D eigenvalue weighted by Crippen LogP contribution is 2.34. The molecular formula is C9H14O5. The number of carboxylic acids is 1. The summed E-state index contributed by atoms with van der Waals surface area (Å²) in [6.07, 6.45) is -2.44. The molecule has 0 aromatic carbocycles. The molecule has 0 saturated carbocycles. The third-order valence-corrected chi connectivity index (χ3v) is 2.70. The lowest BCUT2D eigenvalue weighted by molar-refractivity contribution is -0.139. The maximum Gasteiger partial charge on any atom is 0.304 e. The van der Waals surface area contributed by atoms with Gasteiger partial charge in [-0.05, 0) is 18.1 Å². The topological polar surface area (TPSA) is 98.0 Å². The molecular weight excluding hydrogens is 188 g/mol. The van der Waals surface area contributed by atoms with Crippen molar-refractivity contribution in [2.75, 3.05) is 6.61 Å². The van der Waals surface area contributed by atoms with Crippen LogP contribution in [-0.2, 0) is 4.79 Å². The molecule has 0 radical (unpaired) electrons. The lowest BCUT2D eigenvalue weighted by atomic mass is 9.95. The van der Waals surface area contributed by atoms with Crippen molar-refractivity contribution in [2.24, 2.45) is 5.92 Å². The van der Waals surface area contributed by atoms with E-state index in [-0.39, 0.29) is 13.0 Å². The van der Waals surface area contributed by atoms with Crippen LogP contribution in [0.2, 0.25) is 0 Å². The van der Waals surface area contributed by atoms with Crippen molar-refractivity contribution >= 4 is 5.97 Å². The molecule has 3 unspecified atom stereocenters. The van der Waals surface area contributed by atoms with Gasteiger partial charge in [0.25, 0.3) is 0 Å². The minimum atomic E-state index is -1.12. The number of carbonyl (C=O) groups is 1. The average molecular weight is 202 g/mol. The van der Waals surface area contributed by atoms with Crippen molar-refractivity contribution in [3.8, 4) is 0 Å². The zero-order chi connectivity index (χ0) is 10.9. The van der Waals surface area contributed by atoms with Gasteiger partial charge in [0.1, 0.15) is 6.10 Å². The monoisotopic (exact) mass is 202 g/mol.